The number of nitrogens with zero attached hydrogens (tertiary/aromatic N) is 1. The van der Waals surface area contributed by atoms with Crippen LogP contribution in [0.15, 0.2) is 24.3 Å². The van der Waals surface area contributed by atoms with Crippen LogP contribution in [0, 0.1) is 11.3 Å². The Bertz CT molecular complexity index is 382. The van der Waals surface area contributed by atoms with E-state index in [-0.39, 0.29) is 12.5 Å². The first-order chi connectivity index (χ1) is 7.27. The van der Waals surface area contributed by atoms with Crippen LogP contribution in [0.1, 0.15) is 12.5 Å². The maximum atomic E-state index is 11.4. The summed E-state index contributed by atoms with van der Waals surface area (Å²) < 4.78 is 0. The van der Waals surface area contributed by atoms with Gasteiger partial charge in [-0.3, -0.25) is 4.79 Å². The Balaban J connectivity index is 2.64. The van der Waals surface area contributed by atoms with Gasteiger partial charge in [-0.15, -0.1) is 0 Å². The third-order valence-electron chi connectivity index (χ3n) is 1.86. The van der Waals surface area contributed by atoms with Crippen LogP contribution < -0.4 is 10.6 Å². The summed E-state index contributed by atoms with van der Waals surface area (Å²) in [5.74, 6) is -0.139. The fraction of sp³-hybridized carbons (Fsp3) is 0.273. The van der Waals surface area contributed by atoms with Crippen molar-refractivity contribution in [3.8, 4) is 6.07 Å². The number of carbonyl (C=O) groups excluding carboxylic acids is 1. The molecule has 1 aromatic carbocycles. The Hall–Kier alpha value is -1.86. The number of benzene rings is 1. The van der Waals surface area contributed by atoms with Crippen LogP contribution in [0.25, 0.3) is 0 Å². The Kier molecular flexibility index (Phi) is 4.32. The van der Waals surface area contributed by atoms with Crippen LogP contribution in [0.4, 0.5) is 5.69 Å². The van der Waals surface area contributed by atoms with Crippen LogP contribution >= 0.6 is 0 Å². The third-order valence-corrected chi connectivity index (χ3v) is 1.86. The molecule has 0 aromatic heterocycles. The first kappa shape index (κ1) is 11.2. The fourth-order valence-corrected chi connectivity index (χ4v) is 1.12. The molecule has 0 bridgehead atoms. The molecular formula is C11H13N3O. The summed E-state index contributed by atoms with van der Waals surface area (Å²) in [6.07, 6.45) is 0. The molecule has 2 N–H and O–H groups in total. The third kappa shape index (κ3) is 3.41. The van der Waals surface area contributed by atoms with E-state index in [1.807, 2.05) is 13.0 Å². The van der Waals surface area contributed by atoms with Crippen molar-refractivity contribution in [2.45, 2.75) is 6.92 Å². The van der Waals surface area contributed by atoms with E-state index in [1.54, 1.807) is 24.3 Å². The molecule has 4 heteroatoms. The van der Waals surface area contributed by atoms with Crippen LogP contribution in [0.5, 0.6) is 0 Å². The van der Waals surface area contributed by atoms with Gasteiger partial charge in [0.05, 0.1) is 17.8 Å². The number of nitriles is 1. The lowest BCUT2D eigenvalue weighted by Crippen LogP contribution is -2.27. The molecule has 0 heterocycles. The summed E-state index contributed by atoms with van der Waals surface area (Å²) in [7, 11) is 0. The lowest BCUT2D eigenvalue weighted by Gasteiger charge is -2.06. The number of hydrogen-bond donors (Lipinski definition) is 2. The van der Waals surface area contributed by atoms with E-state index in [9.17, 15) is 4.79 Å². The van der Waals surface area contributed by atoms with Crippen molar-refractivity contribution in [2.24, 2.45) is 0 Å². The summed E-state index contributed by atoms with van der Waals surface area (Å²) in [5.41, 5.74) is 1.03. The van der Waals surface area contributed by atoms with Crippen molar-refractivity contribution in [1.29, 1.82) is 5.26 Å². The van der Waals surface area contributed by atoms with E-state index >= 15 is 0 Å². The summed E-state index contributed by atoms with van der Waals surface area (Å²) in [6.45, 7) is 2.93. The molecule has 0 radical (unpaired) electrons. The van der Waals surface area contributed by atoms with Crippen LogP contribution in [0.2, 0.25) is 0 Å². The molecule has 1 amide bonds. The number of hydrogen-bond acceptors (Lipinski definition) is 3. The highest BCUT2D eigenvalue weighted by Crippen LogP contribution is 2.12. The molecule has 1 aromatic rings. The summed E-state index contributed by atoms with van der Waals surface area (Å²) in [6, 6.07) is 8.95. The molecule has 0 spiro atoms. The van der Waals surface area contributed by atoms with Crippen LogP contribution in [-0.4, -0.2) is 19.0 Å². The predicted octanol–water partition coefficient (Wildman–Crippen LogP) is 1.11. The normalized spacial score (nSPS) is 9.33. The topological polar surface area (TPSA) is 64.9 Å². The first-order valence-corrected chi connectivity index (χ1v) is 4.77. The van der Waals surface area contributed by atoms with Crippen LogP contribution in [0.3, 0.4) is 0 Å². The number of anilines is 1. The SMILES string of the molecule is CCNCC(=O)Nc1ccccc1C#N. The van der Waals surface area contributed by atoms with Gasteiger partial charge >= 0.3 is 0 Å². The number of carbonyl (C=O) groups is 1. The largest absolute Gasteiger partial charge is 0.324 e. The smallest absolute Gasteiger partial charge is 0.238 e. The molecule has 15 heavy (non-hydrogen) atoms. The van der Waals surface area contributed by atoms with E-state index in [1.165, 1.54) is 0 Å². The van der Waals surface area contributed by atoms with E-state index < -0.39 is 0 Å². The van der Waals surface area contributed by atoms with Gasteiger partial charge in [0, 0.05) is 0 Å². The average Bonchev–Trinajstić information content (AvgIpc) is 2.27. The van der Waals surface area contributed by atoms with Gasteiger partial charge in [-0.05, 0) is 18.7 Å². The van der Waals surface area contributed by atoms with E-state index in [4.69, 9.17) is 5.26 Å². The number of likely N-dealkylation sites (N-methyl/N-ethyl adjacent to an activating group) is 1. The number of amides is 1. The molecule has 0 saturated heterocycles. The van der Waals surface area contributed by atoms with Gasteiger partial charge in [0.25, 0.3) is 0 Å². The molecular weight excluding hydrogens is 190 g/mol. The maximum absolute atomic E-state index is 11.4. The number of rotatable bonds is 4. The van der Waals surface area contributed by atoms with E-state index in [0.717, 1.165) is 6.54 Å². The molecule has 0 saturated carbocycles. The zero-order valence-corrected chi connectivity index (χ0v) is 8.58. The van der Waals surface area contributed by atoms with Crippen molar-refractivity contribution < 1.29 is 4.79 Å². The lowest BCUT2D eigenvalue weighted by molar-refractivity contribution is -0.115. The number of para-hydroxylation sites is 1. The summed E-state index contributed by atoms with van der Waals surface area (Å²) in [5, 5.41) is 14.4. The molecule has 0 atom stereocenters. The van der Waals surface area contributed by atoms with Crippen molar-refractivity contribution in [1.82, 2.24) is 5.32 Å². The molecule has 0 aliphatic heterocycles. The highest BCUT2D eigenvalue weighted by molar-refractivity contribution is 5.93. The number of nitrogens with one attached hydrogen (secondary N) is 2. The minimum atomic E-state index is -0.139. The second kappa shape index (κ2) is 5.78. The van der Waals surface area contributed by atoms with Gasteiger partial charge in [0.15, 0.2) is 0 Å². The Morgan fingerprint density at radius 2 is 2.20 bits per heavy atom. The Morgan fingerprint density at radius 1 is 1.47 bits per heavy atom. The van der Waals surface area contributed by atoms with Gasteiger partial charge in [-0.2, -0.15) is 5.26 Å². The van der Waals surface area contributed by atoms with Gasteiger partial charge in [-0.25, -0.2) is 0 Å². The quantitative estimate of drug-likeness (QED) is 0.770. The zero-order chi connectivity index (χ0) is 11.1. The molecule has 1 rings (SSSR count). The second-order valence-corrected chi connectivity index (χ2v) is 2.99. The van der Waals surface area contributed by atoms with Gasteiger partial charge in [0.1, 0.15) is 6.07 Å². The zero-order valence-electron chi connectivity index (χ0n) is 8.58. The standard InChI is InChI=1S/C11H13N3O/c1-2-13-8-11(15)14-10-6-4-3-5-9(10)7-12/h3-6,13H,2,8H2,1H3,(H,14,15). The van der Waals surface area contributed by atoms with Gasteiger partial charge in [-0.1, -0.05) is 19.1 Å². The predicted molar refractivity (Wildman–Crippen MR) is 58.3 cm³/mol. The molecule has 0 unspecified atom stereocenters. The van der Waals surface area contributed by atoms with Crippen molar-refractivity contribution in [2.75, 3.05) is 18.4 Å². The minimum absolute atomic E-state index is 0.139. The fourth-order valence-electron chi connectivity index (χ4n) is 1.12. The summed E-state index contributed by atoms with van der Waals surface area (Å²) >= 11 is 0. The lowest BCUT2D eigenvalue weighted by atomic mass is 10.2. The summed E-state index contributed by atoms with van der Waals surface area (Å²) in [4.78, 5) is 11.4. The van der Waals surface area contributed by atoms with Gasteiger partial charge in [0.2, 0.25) is 5.91 Å². The average molecular weight is 203 g/mol. The highest BCUT2D eigenvalue weighted by atomic mass is 16.1. The first-order valence-electron chi connectivity index (χ1n) is 4.77. The van der Waals surface area contributed by atoms with Crippen molar-refractivity contribution in [3.63, 3.8) is 0 Å². The van der Waals surface area contributed by atoms with Crippen molar-refractivity contribution in [3.05, 3.63) is 29.8 Å². The van der Waals surface area contributed by atoms with Crippen molar-refractivity contribution >= 4 is 11.6 Å². The molecule has 0 fully saturated rings. The minimum Gasteiger partial charge on any atom is -0.324 e. The Labute approximate surface area is 88.9 Å². The van der Waals surface area contributed by atoms with E-state index in [0.29, 0.717) is 11.3 Å². The molecule has 4 nitrogen and oxygen atoms in total. The molecule has 78 valence electrons. The van der Waals surface area contributed by atoms with Gasteiger partial charge < -0.3 is 10.6 Å². The highest BCUT2D eigenvalue weighted by Gasteiger charge is 2.04. The van der Waals surface area contributed by atoms with E-state index in [2.05, 4.69) is 10.6 Å². The molecule has 0 aliphatic carbocycles. The second-order valence-electron chi connectivity index (χ2n) is 2.99. The van der Waals surface area contributed by atoms with Crippen LogP contribution in [-0.2, 0) is 4.79 Å². The molecule has 0 aliphatic rings. The maximum Gasteiger partial charge on any atom is 0.238 e. The Morgan fingerprint density at radius 3 is 2.87 bits per heavy atom. The monoisotopic (exact) mass is 203 g/mol.